The number of sulfone groups is 1. The number of benzene rings is 1. The minimum atomic E-state index is -3.69. The van der Waals surface area contributed by atoms with Crippen LogP contribution in [0.3, 0.4) is 0 Å². The molecule has 4 rings (SSSR count). The number of rotatable bonds is 7. The first-order chi connectivity index (χ1) is 16.3. The Morgan fingerprint density at radius 2 is 1.71 bits per heavy atom. The Bertz CT molecular complexity index is 1240. The molecular formula is C23H24N4O6S. The summed E-state index contributed by atoms with van der Waals surface area (Å²) in [6.07, 6.45) is 3.49. The molecule has 1 aromatic carbocycles. The van der Waals surface area contributed by atoms with Crippen LogP contribution in [0.2, 0.25) is 0 Å². The van der Waals surface area contributed by atoms with E-state index in [-0.39, 0.29) is 22.1 Å². The van der Waals surface area contributed by atoms with E-state index >= 15 is 0 Å². The fourth-order valence-corrected chi connectivity index (χ4v) is 5.02. The molecule has 1 atom stereocenters. The van der Waals surface area contributed by atoms with Gasteiger partial charge in [0.1, 0.15) is 0 Å². The number of nitrogens with zero attached hydrogens (tertiary/aromatic N) is 4. The third-order valence-electron chi connectivity index (χ3n) is 5.44. The molecule has 1 fully saturated rings. The predicted molar refractivity (Wildman–Crippen MR) is 122 cm³/mol. The van der Waals surface area contributed by atoms with E-state index in [4.69, 9.17) is 9.15 Å². The van der Waals surface area contributed by atoms with E-state index in [0.29, 0.717) is 32.1 Å². The maximum absolute atomic E-state index is 12.8. The molecule has 34 heavy (non-hydrogen) atoms. The van der Waals surface area contributed by atoms with Gasteiger partial charge >= 0.3 is 5.97 Å². The fourth-order valence-electron chi connectivity index (χ4n) is 3.65. The highest BCUT2D eigenvalue weighted by atomic mass is 32.2. The summed E-state index contributed by atoms with van der Waals surface area (Å²) < 4.78 is 35.9. The van der Waals surface area contributed by atoms with Crippen LogP contribution in [0.15, 0.2) is 70.4 Å². The van der Waals surface area contributed by atoms with Crippen molar-refractivity contribution in [3.8, 4) is 0 Å². The number of amides is 1. The van der Waals surface area contributed by atoms with Crippen LogP contribution >= 0.6 is 0 Å². The zero-order valence-corrected chi connectivity index (χ0v) is 19.3. The Labute approximate surface area is 197 Å². The highest BCUT2D eigenvalue weighted by molar-refractivity contribution is 7.90. The van der Waals surface area contributed by atoms with Crippen molar-refractivity contribution >= 4 is 27.7 Å². The number of carbonyl (C=O) groups excluding carboxylic acids is 2. The molecule has 3 aromatic rings. The van der Waals surface area contributed by atoms with Crippen LogP contribution < -0.4 is 4.90 Å². The van der Waals surface area contributed by atoms with Crippen molar-refractivity contribution < 1.29 is 27.2 Å². The molecule has 1 aliphatic heterocycles. The maximum Gasteiger partial charge on any atom is 0.375 e. The van der Waals surface area contributed by atoms with E-state index in [1.807, 2.05) is 4.90 Å². The van der Waals surface area contributed by atoms with Crippen LogP contribution in [-0.2, 0) is 25.1 Å². The Morgan fingerprint density at radius 1 is 1.03 bits per heavy atom. The summed E-state index contributed by atoms with van der Waals surface area (Å²) in [5, 5.41) is 0. The summed E-state index contributed by atoms with van der Waals surface area (Å²) in [6.45, 7) is 3.45. The van der Waals surface area contributed by atoms with Crippen molar-refractivity contribution in [2.45, 2.75) is 23.7 Å². The molecule has 0 spiro atoms. The van der Waals surface area contributed by atoms with E-state index in [0.717, 1.165) is 0 Å². The molecule has 11 heteroatoms. The first-order valence-corrected chi connectivity index (χ1v) is 12.4. The van der Waals surface area contributed by atoms with Gasteiger partial charge in [-0.25, -0.2) is 23.2 Å². The van der Waals surface area contributed by atoms with E-state index in [1.165, 1.54) is 31.4 Å². The minimum Gasteiger partial charge on any atom is -0.457 e. The number of furan rings is 1. The van der Waals surface area contributed by atoms with Gasteiger partial charge in [0.25, 0.3) is 5.91 Å². The SMILES string of the molecule is CC(OC(=O)c1occc1CS(=O)(=O)c1ccccc1)C(=O)N1CCN(c2ncccn2)CC1. The molecule has 2 aromatic heterocycles. The largest absolute Gasteiger partial charge is 0.457 e. The molecule has 178 valence electrons. The van der Waals surface area contributed by atoms with Crippen LogP contribution in [0.1, 0.15) is 23.0 Å². The third-order valence-corrected chi connectivity index (χ3v) is 7.12. The highest BCUT2D eigenvalue weighted by Crippen LogP contribution is 2.21. The highest BCUT2D eigenvalue weighted by Gasteiger charge is 2.30. The van der Waals surface area contributed by atoms with E-state index in [1.54, 1.807) is 41.6 Å². The van der Waals surface area contributed by atoms with Gasteiger partial charge in [-0.1, -0.05) is 18.2 Å². The number of anilines is 1. The molecule has 0 saturated carbocycles. The van der Waals surface area contributed by atoms with Crippen molar-refractivity contribution in [1.82, 2.24) is 14.9 Å². The van der Waals surface area contributed by atoms with Gasteiger partial charge in [-0.2, -0.15) is 0 Å². The second-order valence-electron chi connectivity index (χ2n) is 7.76. The van der Waals surface area contributed by atoms with Crippen LogP contribution in [0, 0.1) is 0 Å². The van der Waals surface area contributed by atoms with Crippen molar-refractivity contribution in [2.75, 3.05) is 31.1 Å². The maximum atomic E-state index is 12.8. The van der Waals surface area contributed by atoms with Gasteiger partial charge in [0.15, 0.2) is 15.9 Å². The molecule has 0 radical (unpaired) electrons. The van der Waals surface area contributed by atoms with E-state index in [2.05, 4.69) is 9.97 Å². The molecule has 10 nitrogen and oxygen atoms in total. The monoisotopic (exact) mass is 484 g/mol. The van der Waals surface area contributed by atoms with Crippen molar-refractivity contribution in [2.24, 2.45) is 0 Å². The molecule has 0 bridgehead atoms. The topological polar surface area (TPSA) is 123 Å². The molecule has 0 N–H and O–H groups in total. The molecule has 3 heterocycles. The third kappa shape index (κ3) is 5.25. The molecule has 1 unspecified atom stereocenters. The lowest BCUT2D eigenvalue weighted by molar-refractivity contribution is -0.140. The van der Waals surface area contributed by atoms with Gasteiger partial charge in [-0.15, -0.1) is 0 Å². The molecule has 1 aliphatic rings. The normalized spacial score (nSPS) is 15.1. The standard InChI is InChI=1S/C23H24N4O6S/c1-17(21(28)26-11-13-27(14-12-26)23-24-9-5-10-25-23)33-22(29)20-18(8-15-32-20)16-34(30,31)19-6-3-2-4-7-19/h2-10,15,17H,11-14,16H2,1H3. The Hall–Kier alpha value is -3.73. The average Bonchev–Trinajstić information content (AvgIpc) is 3.32. The quantitative estimate of drug-likeness (QED) is 0.463. The second-order valence-corrected chi connectivity index (χ2v) is 9.75. The van der Waals surface area contributed by atoms with Crippen molar-refractivity contribution in [3.05, 3.63) is 72.4 Å². The number of aromatic nitrogens is 2. The number of hydrogen-bond acceptors (Lipinski definition) is 9. The molecule has 0 aliphatic carbocycles. The van der Waals surface area contributed by atoms with Gasteiger partial charge in [0.05, 0.1) is 16.9 Å². The molecular weight excluding hydrogens is 460 g/mol. The van der Waals surface area contributed by atoms with Gasteiger partial charge in [-0.3, -0.25) is 4.79 Å². The van der Waals surface area contributed by atoms with Crippen molar-refractivity contribution in [3.63, 3.8) is 0 Å². The minimum absolute atomic E-state index is 0.138. The summed E-state index contributed by atoms with van der Waals surface area (Å²) in [4.78, 5) is 37.7. The number of carbonyl (C=O) groups is 2. The zero-order chi connectivity index (χ0) is 24.1. The van der Waals surface area contributed by atoms with Crippen LogP contribution in [-0.4, -0.2) is 67.4 Å². The first-order valence-electron chi connectivity index (χ1n) is 10.7. The van der Waals surface area contributed by atoms with Crippen LogP contribution in [0.4, 0.5) is 5.95 Å². The summed E-state index contributed by atoms with van der Waals surface area (Å²) in [5.74, 6) is -1.29. The predicted octanol–water partition coefficient (Wildman–Crippen LogP) is 1.94. The first kappa shape index (κ1) is 23.4. The molecule has 1 saturated heterocycles. The Balaban J connectivity index is 1.35. The van der Waals surface area contributed by atoms with Gasteiger partial charge in [-0.05, 0) is 31.2 Å². The molecule has 1 amide bonds. The zero-order valence-electron chi connectivity index (χ0n) is 18.5. The van der Waals surface area contributed by atoms with Crippen molar-refractivity contribution in [1.29, 1.82) is 0 Å². The summed E-state index contributed by atoms with van der Waals surface area (Å²) in [5.41, 5.74) is 0.171. The number of ether oxygens (including phenoxy) is 1. The van der Waals surface area contributed by atoms with E-state index in [9.17, 15) is 18.0 Å². The van der Waals surface area contributed by atoms with E-state index < -0.39 is 27.7 Å². The smallest absolute Gasteiger partial charge is 0.375 e. The lowest BCUT2D eigenvalue weighted by Gasteiger charge is -2.35. The summed E-state index contributed by atoms with van der Waals surface area (Å²) in [7, 11) is -3.69. The number of piperazine rings is 1. The van der Waals surface area contributed by atoms with Gasteiger partial charge < -0.3 is 19.0 Å². The average molecular weight is 485 g/mol. The lowest BCUT2D eigenvalue weighted by atomic mass is 10.2. The summed E-state index contributed by atoms with van der Waals surface area (Å²) >= 11 is 0. The Morgan fingerprint density at radius 3 is 2.38 bits per heavy atom. The Kier molecular flexibility index (Phi) is 6.92. The van der Waals surface area contributed by atoms with Crippen LogP contribution in [0.5, 0.6) is 0 Å². The summed E-state index contributed by atoms with van der Waals surface area (Å²) in [6, 6.07) is 11.1. The number of esters is 1. The lowest BCUT2D eigenvalue weighted by Crippen LogP contribution is -2.52. The van der Waals surface area contributed by atoms with Crippen LogP contribution in [0.25, 0.3) is 0 Å². The van der Waals surface area contributed by atoms with Gasteiger partial charge in [0, 0.05) is 44.1 Å². The fraction of sp³-hybridized carbons (Fsp3) is 0.304. The second kappa shape index (κ2) is 10.0. The number of hydrogen-bond donors (Lipinski definition) is 0. The van der Waals surface area contributed by atoms with Gasteiger partial charge in [0.2, 0.25) is 11.7 Å².